The van der Waals surface area contributed by atoms with Crippen LogP contribution in [0.25, 0.3) is 0 Å². The number of amides is 1. The van der Waals surface area contributed by atoms with E-state index in [0.29, 0.717) is 18.0 Å². The fraction of sp³-hybridized carbons (Fsp3) is 0.500. The molecule has 0 aliphatic rings. The number of hydrogen-bond acceptors (Lipinski definition) is 5. The van der Waals surface area contributed by atoms with E-state index in [2.05, 4.69) is 5.32 Å². The highest BCUT2D eigenvalue weighted by Crippen LogP contribution is 2.19. The summed E-state index contributed by atoms with van der Waals surface area (Å²) >= 11 is 0. The second kappa shape index (κ2) is 7.12. The van der Waals surface area contributed by atoms with Crippen molar-refractivity contribution in [3.8, 4) is 5.75 Å². The van der Waals surface area contributed by atoms with Crippen molar-refractivity contribution >= 4 is 11.6 Å². The average Bonchev–Trinajstić information content (AvgIpc) is 2.34. The molecular formula is C14H23N3O3. The third-order valence-electron chi connectivity index (χ3n) is 2.60. The lowest BCUT2D eigenvalue weighted by atomic mass is 10.1. The largest absolute Gasteiger partial charge is 0.482 e. The zero-order valence-electron chi connectivity index (χ0n) is 12.2. The third kappa shape index (κ3) is 5.90. The number of para-hydroxylation sites is 2. The van der Waals surface area contributed by atoms with Gasteiger partial charge in [-0.25, -0.2) is 0 Å². The van der Waals surface area contributed by atoms with Crippen LogP contribution in [0.2, 0.25) is 0 Å². The van der Waals surface area contributed by atoms with E-state index in [0.717, 1.165) is 0 Å². The maximum Gasteiger partial charge on any atom is 0.258 e. The molecule has 112 valence electrons. The summed E-state index contributed by atoms with van der Waals surface area (Å²) in [6.07, 6.45) is 0. The number of ether oxygens (including phenoxy) is 1. The van der Waals surface area contributed by atoms with Gasteiger partial charge in [0, 0.05) is 13.1 Å². The average molecular weight is 281 g/mol. The number of likely N-dealkylation sites (N-methyl/N-ethyl adjacent to an activating group) is 1. The number of nitrogens with zero attached hydrogens (tertiary/aromatic N) is 1. The molecule has 0 bridgehead atoms. The molecule has 1 unspecified atom stereocenters. The molecule has 0 saturated carbocycles. The van der Waals surface area contributed by atoms with Crippen LogP contribution in [0.4, 0.5) is 5.69 Å². The van der Waals surface area contributed by atoms with E-state index in [1.54, 1.807) is 31.2 Å². The number of rotatable bonds is 7. The zero-order valence-corrected chi connectivity index (χ0v) is 12.2. The molecule has 1 rings (SSSR count). The molecule has 1 aromatic carbocycles. The molecule has 0 aliphatic heterocycles. The summed E-state index contributed by atoms with van der Waals surface area (Å²) < 4.78 is 5.32. The molecule has 1 atom stereocenters. The molecule has 0 saturated heterocycles. The number of anilines is 1. The number of nitrogens with one attached hydrogen (secondary N) is 1. The Morgan fingerprint density at radius 1 is 1.45 bits per heavy atom. The van der Waals surface area contributed by atoms with Crippen molar-refractivity contribution in [2.24, 2.45) is 0 Å². The minimum Gasteiger partial charge on any atom is -0.482 e. The molecule has 20 heavy (non-hydrogen) atoms. The zero-order chi connectivity index (χ0) is 15.2. The van der Waals surface area contributed by atoms with E-state index in [9.17, 15) is 9.90 Å². The maximum atomic E-state index is 11.7. The van der Waals surface area contributed by atoms with Crippen LogP contribution in [0.1, 0.15) is 6.92 Å². The first-order chi connectivity index (χ1) is 9.30. The van der Waals surface area contributed by atoms with Crippen molar-refractivity contribution < 1.29 is 14.6 Å². The summed E-state index contributed by atoms with van der Waals surface area (Å²) in [6, 6.07) is 6.98. The summed E-state index contributed by atoms with van der Waals surface area (Å²) in [5.41, 5.74) is 5.21. The number of benzene rings is 1. The van der Waals surface area contributed by atoms with E-state index in [-0.39, 0.29) is 19.1 Å². The minimum absolute atomic E-state index is 0.133. The molecule has 6 heteroatoms. The van der Waals surface area contributed by atoms with E-state index >= 15 is 0 Å². The fourth-order valence-electron chi connectivity index (χ4n) is 1.83. The predicted molar refractivity (Wildman–Crippen MR) is 78.5 cm³/mol. The minimum atomic E-state index is -0.981. The Morgan fingerprint density at radius 3 is 2.70 bits per heavy atom. The third-order valence-corrected chi connectivity index (χ3v) is 2.60. The summed E-state index contributed by atoms with van der Waals surface area (Å²) in [5, 5.41) is 12.7. The molecule has 1 amide bonds. The van der Waals surface area contributed by atoms with E-state index in [4.69, 9.17) is 10.5 Å². The number of aliphatic hydroxyl groups is 1. The molecule has 0 spiro atoms. The Morgan fingerprint density at radius 2 is 2.10 bits per heavy atom. The van der Waals surface area contributed by atoms with Crippen molar-refractivity contribution in [2.45, 2.75) is 12.5 Å². The monoisotopic (exact) mass is 281 g/mol. The van der Waals surface area contributed by atoms with Gasteiger partial charge in [0.2, 0.25) is 0 Å². The van der Waals surface area contributed by atoms with Gasteiger partial charge in [-0.15, -0.1) is 0 Å². The van der Waals surface area contributed by atoms with Gasteiger partial charge in [-0.3, -0.25) is 4.79 Å². The second-order valence-corrected chi connectivity index (χ2v) is 5.34. The highest BCUT2D eigenvalue weighted by molar-refractivity contribution is 5.77. The molecule has 0 aliphatic carbocycles. The Bertz CT molecular complexity index is 447. The van der Waals surface area contributed by atoms with Crippen LogP contribution >= 0.6 is 0 Å². The highest BCUT2D eigenvalue weighted by atomic mass is 16.5. The number of carbonyl (C=O) groups is 1. The molecule has 0 radical (unpaired) electrons. The van der Waals surface area contributed by atoms with Gasteiger partial charge in [0.1, 0.15) is 5.75 Å². The fourth-order valence-corrected chi connectivity index (χ4v) is 1.83. The SMILES string of the molecule is CN(C)CC(C)(O)CNC(=O)COc1ccccc1N. The van der Waals surface area contributed by atoms with Crippen molar-refractivity contribution in [1.29, 1.82) is 0 Å². The molecule has 0 fully saturated rings. The van der Waals surface area contributed by atoms with Crippen molar-refractivity contribution in [3.63, 3.8) is 0 Å². The standard InChI is InChI=1S/C14H23N3O3/c1-14(19,10-17(2)3)9-16-13(18)8-20-12-7-5-4-6-11(12)15/h4-7,19H,8-10,15H2,1-3H3,(H,16,18). The first-order valence-electron chi connectivity index (χ1n) is 6.41. The van der Waals surface area contributed by atoms with Gasteiger partial charge in [-0.05, 0) is 33.2 Å². The number of hydrogen-bond donors (Lipinski definition) is 3. The number of carbonyl (C=O) groups excluding carboxylic acids is 1. The lowest BCUT2D eigenvalue weighted by Crippen LogP contribution is -2.47. The van der Waals surface area contributed by atoms with Gasteiger partial charge < -0.3 is 25.8 Å². The highest BCUT2D eigenvalue weighted by Gasteiger charge is 2.22. The van der Waals surface area contributed by atoms with Crippen LogP contribution in [0.15, 0.2) is 24.3 Å². The summed E-state index contributed by atoms with van der Waals surface area (Å²) in [5.74, 6) is 0.176. The molecule has 4 N–H and O–H groups in total. The van der Waals surface area contributed by atoms with Crippen LogP contribution in [0.5, 0.6) is 5.75 Å². The topological polar surface area (TPSA) is 87.8 Å². The first kappa shape index (κ1) is 16.3. The van der Waals surface area contributed by atoms with Crippen molar-refractivity contribution in [1.82, 2.24) is 10.2 Å². The first-order valence-corrected chi connectivity index (χ1v) is 6.41. The van der Waals surface area contributed by atoms with Gasteiger partial charge >= 0.3 is 0 Å². The predicted octanol–water partition coefficient (Wildman–Crippen LogP) is 0.0764. The molecule has 6 nitrogen and oxygen atoms in total. The lowest BCUT2D eigenvalue weighted by molar-refractivity contribution is -0.124. The quantitative estimate of drug-likeness (QED) is 0.616. The Balaban J connectivity index is 2.36. The van der Waals surface area contributed by atoms with Crippen LogP contribution in [0, 0.1) is 0 Å². The summed E-state index contributed by atoms with van der Waals surface area (Å²) in [4.78, 5) is 13.5. The summed E-state index contributed by atoms with van der Waals surface area (Å²) in [6.45, 7) is 2.16. The normalized spacial score (nSPS) is 13.8. The van der Waals surface area contributed by atoms with Crippen LogP contribution < -0.4 is 15.8 Å². The maximum absolute atomic E-state index is 11.7. The second-order valence-electron chi connectivity index (χ2n) is 5.34. The van der Waals surface area contributed by atoms with E-state index in [1.807, 2.05) is 19.0 Å². The lowest BCUT2D eigenvalue weighted by Gasteiger charge is -2.27. The summed E-state index contributed by atoms with van der Waals surface area (Å²) in [7, 11) is 3.72. The molecular weight excluding hydrogens is 258 g/mol. The van der Waals surface area contributed by atoms with E-state index < -0.39 is 5.60 Å². The molecule has 0 heterocycles. The Kier molecular flexibility index (Phi) is 5.79. The van der Waals surface area contributed by atoms with Crippen molar-refractivity contribution in [3.05, 3.63) is 24.3 Å². The van der Waals surface area contributed by atoms with Gasteiger partial charge in [0.05, 0.1) is 11.3 Å². The van der Waals surface area contributed by atoms with Gasteiger partial charge in [0.25, 0.3) is 5.91 Å². The van der Waals surface area contributed by atoms with Crippen LogP contribution in [-0.4, -0.2) is 55.3 Å². The van der Waals surface area contributed by atoms with E-state index in [1.165, 1.54) is 0 Å². The van der Waals surface area contributed by atoms with Gasteiger partial charge in [-0.2, -0.15) is 0 Å². The smallest absolute Gasteiger partial charge is 0.258 e. The Hall–Kier alpha value is -1.79. The molecule has 0 aromatic heterocycles. The van der Waals surface area contributed by atoms with Gasteiger partial charge in [0.15, 0.2) is 6.61 Å². The van der Waals surface area contributed by atoms with Crippen LogP contribution in [0.3, 0.4) is 0 Å². The number of nitrogens with two attached hydrogens (primary N) is 1. The van der Waals surface area contributed by atoms with Crippen LogP contribution in [-0.2, 0) is 4.79 Å². The Labute approximate surface area is 119 Å². The molecule has 1 aromatic rings. The van der Waals surface area contributed by atoms with Crippen molar-refractivity contribution in [2.75, 3.05) is 39.5 Å². The number of nitrogen functional groups attached to an aromatic ring is 1. The van der Waals surface area contributed by atoms with Gasteiger partial charge in [-0.1, -0.05) is 12.1 Å².